The van der Waals surface area contributed by atoms with Gasteiger partial charge in [-0.2, -0.15) is 0 Å². The van der Waals surface area contributed by atoms with Crippen LogP contribution in [0.5, 0.6) is 0 Å². The number of ether oxygens (including phenoxy) is 1. The van der Waals surface area contributed by atoms with Crippen molar-refractivity contribution in [2.24, 2.45) is 5.92 Å². The van der Waals surface area contributed by atoms with Gasteiger partial charge in [0.05, 0.1) is 6.10 Å². The molecule has 0 radical (unpaired) electrons. The van der Waals surface area contributed by atoms with Gasteiger partial charge in [-0.3, -0.25) is 0 Å². The SMILES string of the molecule is CC1CCC(OC2C=CC=CN2c2ccc(Cl)cc2)CC1. The van der Waals surface area contributed by atoms with E-state index in [-0.39, 0.29) is 6.23 Å². The summed E-state index contributed by atoms with van der Waals surface area (Å²) in [5.74, 6) is 0.846. The zero-order valence-corrected chi connectivity index (χ0v) is 13.2. The lowest BCUT2D eigenvalue weighted by Crippen LogP contribution is -2.37. The highest BCUT2D eigenvalue weighted by atomic mass is 35.5. The second kappa shape index (κ2) is 6.67. The maximum atomic E-state index is 6.33. The third-order valence-electron chi connectivity index (χ3n) is 4.33. The van der Waals surface area contributed by atoms with E-state index in [4.69, 9.17) is 16.3 Å². The molecule has 1 aliphatic carbocycles. The van der Waals surface area contributed by atoms with E-state index < -0.39 is 0 Å². The van der Waals surface area contributed by atoms with Crippen LogP contribution in [0, 0.1) is 5.92 Å². The van der Waals surface area contributed by atoms with Crippen LogP contribution >= 0.6 is 11.6 Å². The van der Waals surface area contributed by atoms with Crippen molar-refractivity contribution in [2.75, 3.05) is 4.90 Å². The fourth-order valence-electron chi connectivity index (χ4n) is 3.00. The first kappa shape index (κ1) is 14.7. The molecule has 1 heterocycles. The van der Waals surface area contributed by atoms with Gasteiger partial charge >= 0.3 is 0 Å². The average Bonchev–Trinajstić information content (AvgIpc) is 2.51. The third-order valence-corrected chi connectivity index (χ3v) is 4.58. The summed E-state index contributed by atoms with van der Waals surface area (Å²) in [6.07, 6.45) is 13.5. The highest BCUT2D eigenvalue weighted by molar-refractivity contribution is 6.30. The molecular formula is C18H22ClNO. The molecule has 1 fully saturated rings. The van der Waals surface area contributed by atoms with Gasteiger partial charge in [0.25, 0.3) is 0 Å². The molecule has 0 bridgehead atoms. The molecule has 1 saturated carbocycles. The van der Waals surface area contributed by atoms with Gasteiger partial charge in [0.15, 0.2) is 6.23 Å². The number of anilines is 1. The zero-order chi connectivity index (χ0) is 14.7. The van der Waals surface area contributed by atoms with Crippen molar-refractivity contribution in [3.05, 3.63) is 53.7 Å². The number of nitrogens with zero attached hydrogens (tertiary/aromatic N) is 1. The van der Waals surface area contributed by atoms with Gasteiger partial charge in [-0.1, -0.05) is 24.6 Å². The van der Waals surface area contributed by atoms with Gasteiger partial charge in [0.1, 0.15) is 0 Å². The molecule has 3 rings (SSSR count). The maximum Gasteiger partial charge on any atom is 0.153 e. The van der Waals surface area contributed by atoms with Crippen molar-refractivity contribution in [3.8, 4) is 0 Å². The third kappa shape index (κ3) is 3.69. The van der Waals surface area contributed by atoms with E-state index in [2.05, 4.69) is 30.2 Å². The summed E-state index contributed by atoms with van der Waals surface area (Å²) >= 11 is 5.97. The summed E-state index contributed by atoms with van der Waals surface area (Å²) < 4.78 is 6.33. The van der Waals surface area contributed by atoms with Crippen molar-refractivity contribution < 1.29 is 4.74 Å². The van der Waals surface area contributed by atoms with E-state index in [0.29, 0.717) is 6.10 Å². The van der Waals surface area contributed by atoms with Gasteiger partial charge in [-0.15, -0.1) is 0 Å². The van der Waals surface area contributed by atoms with E-state index in [0.717, 1.165) is 16.6 Å². The molecule has 21 heavy (non-hydrogen) atoms. The molecule has 2 aliphatic rings. The quantitative estimate of drug-likeness (QED) is 0.765. The Balaban J connectivity index is 1.69. The van der Waals surface area contributed by atoms with E-state index in [1.165, 1.54) is 25.7 Å². The number of allylic oxidation sites excluding steroid dienone is 2. The Labute approximate surface area is 132 Å². The molecule has 1 aromatic rings. The summed E-state index contributed by atoms with van der Waals surface area (Å²) in [6, 6.07) is 7.90. The monoisotopic (exact) mass is 303 g/mol. The molecule has 0 aromatic heterocycles. The summed E-state index contributed by atoms with van der Waals surface area (Å²) in [5, 5.41) is 0.758. The molecule has 1 unspecified atom stereocenters. The molecule has 1 aliphatic heterocycles. The minimum absolute atomic E-state index is 0.0189. The fraction of sp³-hybridized carbons (Fsp3) is 0.444. The molecular weight excluding hydrogens is 282 g/mol. The van der Waals surface area contributed by atoms with Gasteiger partial charge in [-0.25, -0.2) is 0 Å². The Bertz CT molecular complexity index is 515. The van der Waals surface area contributed by atoms with Gasteiger partial charge in [-0.05, 0) is 68.0 Å². The van der Waals surface area contributed by atoms with Crippen LogP contribution in [0.15, 0.2) is 48.7 Å². The van der Waals surface area contributed by atoms with Crippen LogP contribution in [-0.4, -0.2) is 12.3 Å². The first-order valence-electron chi connectivity index (χ1n) is 7.77. The van der Waals surface area contributed by atoms with Gasteiger partial charge in [0.2, 0.25) is 0 Å². The van der Waals surface area contributed by atoms with Crippen molar-refractivity contribution in [2.45, 2.75) is 44.9 Å². The predicted molar refractivity (Wildman–Crippen MR) is 88.5 cm³/mol. The van der Waals surface area contributed by atoms with E-state index in [1.54, 1.807) is 0 Å². The molecule has 3 heteroatoms. The first-order chi connectivity index (χ1) is 10.2. The van der Waals surface area contributed by atoms with Gasteiger partial charge in [0, 0.05) is 16.9 Å². The fourth-order valence-corrected chi connectivity index (χ4v) is 3.13. The van der Waals surface area contributed by atoms with Crippen molar-refractivity contribution in [1.82, 2.24) is 0 Å². The molecule has 1 aromatic carbocycles. The highest BCUT2D eigenvalue weighted by Crippen LogP contribution is 2.29. The van der Waals surface area contributed by atoms with Crippen molar-refractivity contribution in [1.29, 1.82) is 0 Å². The highest BCUT2D eigenvalue weighted by Gasteiger charge is 2.24. The minimum atomic E-state index is -0.0189. The van der Waals surface area contributed by atoms with Gasteiger partial charge < -0.3 is 9.64 Å². The van der Waals surface area contributed by atoms with E-state index in [1.807, 2.05) is 30.3 Å². The molecule has 0 saturated heterocycles. The summed E-state index contributed by atoms with van der Waals surface area (Å²) in [4.78, 5) is 2.16. The normalized spacial score (nSPS) is 28.9. The first-order valence-corrected chi connectivity index (χ1v) is 8.14. The van der Waals surface area contributed by atoms with Crippen LogP contribution in [0.2, 0.25) is 5.02 Å². The molecule has 0 amide bonds. The number of hydrogen-bond donors (Lipinski definition) is 0. The topological polar surface area (TPSA) is 12.5 Å². The Morgan fingerprint density at radius 2 is 1.76 bits per heavy atom. The van der Waals surface area contributed by atoms with Crippen LogP contribution in [0.1, 0.15) is 32.6 Å². The number of hydrogen-bond acceptors (Lipinski definition) is 2. The second-order valence-electron chi connectivity index (χ2n) is 6.02. The number of benzene rings is 1. The Kier molecular flexibility index (Phi) is 4.67. The molecule has 0 spiro atoms. The Morgan fingerprint density at radius 1 is 1.05 bits per heavy atom. The molecule has 0 N–H and O–H groups in total. The number of halogens is 1. The van der Waals surface area contributed by atoms with Crippen LogP contribution in [-0.2, 0) is 4.74 Å². The van der Waals surface area contributed by atoms with Crippen molar-refractivity contribution >= 4 is 17.3 Å². The molecule has 112 valence electrons. The summed E-state index contributed by atoms with van der Waals surface area (Å²) in [6.45, 7) is 2.33. The molecule has 2 nitrogen and oxygen atoms in total. The maximum absolute atomic E-state index is 6.33. The Hall–Kier alpha value is -1.25. The van der Waals surface area contributed by atoms with Crippen LogP contribution in [0.3, 0.4) is 0 Å². The smallest absolute Gasteiger partial charge is 0.153 e. The van der Waals surface area contributed by atoms with Crippen LogP contribution in [0.25, 0.3) is 0 Å². The zero-order valence-electron chi connectivity index (χ0n) is 12.4. The van der Waals surface area contributed by atoms with Crippen molar-refractivity contribution in [3.63, 3.8) is 0 Å². The lowest BCUT2D eigenvalue weighted by Gasteiger charge is -2.35. The minimum Gasteiger partial charge on any atom is -0.351 e. The summed E-state index contributed by atoms with van der Waals surface area (Å²) in [5.41, 5.74) is 1.11. The largest absolute Gasteiger partial charge is 0.351 e. The van der Waals surface area contributed by atoms with E-state index >= 15 is 0 Å². The standard InChI is InChI=1S/C18H22ClNO/c1-14-5-11-17(12-6-14)21-18-4-2-3-13-20(18)16-9-7-15(19)8-10-16/h2-4,7-10,13-14,17-18H,5-6,11-12H2,1H3. The second-order valence-corrected chi connectivity index (χ2v) is 6.46. The predicted octanol–water partition coefficient (Wildman–Crippen LogP) is 5.15. The lowest BCUT2D eigenvalue weighted by atomic mass is 9.89. The van der Waals surface area contributed by atoms with Crippen LogP contribution < -0.4 is 4.90 Å². The van der Waals surface area contributed by atoms with E-state index in [9.17, 15) is 0 Å². The van der Waals surface area contributed by atoms with Crippen LogP contribution in [0.4, 0.5) is 5.69 Å². The summed E-state index contributed by atoms with van der Waals surface area (Å²) in [7, 11) is 0. The number of rotatable bonds is 3. The lowest BCUT2D eigenvalue weighted by molar-refractivity contribution is -0.0117. The molecule has 1 atom stereocenters. The average molecular weight is 304 g/mol. The Morgan fingerprint density at radius 3 is 2.48 bits per heavy atom.